The van der Waals surface area contributed by atoms with Gasteiger partial charge in [0.1, 0.15) is 18.1 Å². The molecule has 0 aliphatic rings. The minimum atomic E-state index is -0.497. The van der Waals surface area contributed by atoms with Gasteiger partial charge in [-0.3, -0.25) is 4.79 Å². The van der Waals surface area contributed by atoms with Gasteiger partial charge in [0.2, 0.25) is 0 Å². The Morgan fingerprint density at radius 2 is 1.71 bits per heavy atom. The molecule has 0 aliphatic carbocycles. The van der Waals surface area contributed by atoms with Gasteiger partial charge in [0, 0.05) is 17.1 Å². The number of carbonyl (C=O) groups excluding carboxylic acids is 1. The largest absolute Gasteiger partial charge is 0.488 e. The van der Waals surface area contributed by atoms with Crippen molar-refractivity contribution >= 4 is 35.3 Å². The fraction of sp³-hybridized carbons (Fsp3) is 0.241. The lowest BCUT2D eigenvalue weighted by Gasteiger charge is -2.15. The molecule has 2 aromatic heterocycles. The van der Waals surface area contributed by atoms with Gasteiger partial charge in [-0.05, 0) is 93.4 Å². The van der Waals surface area contributed by atoms with Crippen molar-refractivity contribution in [1.82, 2.24) is 9.99 Å². The van der Waals surface area contributed by atoms with E-state index in [0.717, 1.165) is 12.1 Å². The number of aryl methyl sites for hydroxylation is 2. The standard InChI is InChI=1S/C29H29Cl2N3O4/c1-5-20(4)37-28-25(30)14-21(15-26(28)31)16-32-33-29(35)27-13-12-24(38-27)17-36-23-10-8-22(9-11-23)34-18(2)6-7-19(34)3/h6-16,20H,5,17H2,1-4H3,(H,33,35)/b32-16+/t20-/m1/s1. The number of aromatic nitrogens is 1. The number of hydrogen-bond acceptors (Lipinski definition) is 5. The van der Waals surface area contributed by atoms with Gasteiger partial charge in [-0.25, -0.2) is 5.43 Å². The van der Waals surface area contributed by atoms with Gasteiger partial charge >= 0.3 is 5.91 Å². The number of ether oxygens (including phenoxy) is 2. The molecular weight excluding hydrogens is 525 g/mol. The third kappa shape index (κ3) is 6.60. The predicted molar refractivity (Wildman–Crippen MR) is 150 cm³/mol. The van der Waals surface area contributed by atoms with E-state index < -0.39 is 5.91 Å². The van der Waals surface area contributed by atoms with E-state index in [1.807, 2.05) is 38.1 Å². The summed E-state index contributed by atoms with van der Waals surface area (Å²) in [6, 6.07) is 18.6. The number of nitrogens with zero attached hydrogens (tertiary/aromatic N) is 2. The molecule has 1 atom stereocenters. The highest BCUT2D eigenvalue weighted by Crippen LogP contribution is 2.34. The molecule has 38 heavy (non-hydrogen) atoms. The van der Waals surface area contributed by atoms with Crippen molar-refractivity contribution in [2.45, 2.75) is 46.8 Å². The Balaban J connectivity index is 1.31. The predicted octanol–water partition coefficient (Wildman–Crippen LogP) is 7.51. The maximum Gasteiger partial charge on any atom is 0.307 e. The van der Waals surface area contributed by atoms with Gasteiger partial charge < -0.3 is 18.5 Å². The summed E-state index contributed by atoms with van der Waals surface area (Å²) in [6.45, 7) is 8.27. The summed E-state index contributed by atoms with van der Waals surface area (Å²) in [6.07, 6.45) is 2.25. The van der Waals surface area contributed by atoms with Crippen molar-refractivity contribution in [1.29, 1.82) is 0 Å². The zero-order valence-electron chi connectivity index (χ0n) is 21.6. The number of carbonyl (C=O) groups is 1. The summed E-state index contributed by atoms with van der Waals surface area (Å²) in [5.74, 6) is 1.25. The van der Waals surface area contributed by atoms with Crippen molar-refractivity contribution < 1.29 is 18.7 Å². The van der Waals surface area contributed by atoms with Crippen LogP contribution in [0.2, 0.25) is 10.0 Å². The number of halogens is 2. The number of rotatable bonds is 10. The molecule has 0 fully saturated rings. The number of benzene rings is 2. The number of furan rings is 1. The SMILES string of the molecule is CC[C@@H](C)Oc1c(Cl)cc(/C=N/NC(=O)c2ccc(COc3ccc(-n4c(C)ccc4C)cc3)o2)cc1Cl. The monoisotopic (exact) mass is 553 g/mol. The Bertz CT molecular complexity index is 1400. The lowest BCUT2D eigenvalue weighted by molar-refractivity contribution is 0.0923. The molecule has 0 saturated carbocycles. The molecule has 4 rings (SSSR count). The molecule has 4 aromatic rings. The molecule has 0 spiro atoms. The first-order valence-electron chi connectivity index (χ1n) is 12.2. The molecule has 0 aliphatic heterocycles. The van der Waals surface area contributed by atoms with Crippen LogP contribution < -0.4 is 14.9 Å². The van der Waals surface area contributed by atoms with Crippen molar-refractivity contribution in [3.05, 3.63) is 99.2 Å². The highest BCUT2D eigenvalue weighted by Gasteiger charge is 2.13. The Hall–Kier alpha value is -3.68. The Kier molecular flexibility index (Phi) is 8.81. The summed E-state index contributed by atoms with van der Waals surface area (Å²) in [5, 5.41) is 4.71. The second kappa shape index (κ2) is 12.2. The van der Waals surface area contributed by atoms with Gasteiger partial charge in [0.25, 0.3) is 0 Å². The van der Waals surface area contributed by atoms with Crippen LogP contribution in [-0.4, -0.2) is 22.8 Å². The van der Waals surface area contributed by atoms with Crippen molar-refractivity contribution in [2.24, 2.45) is 5.10 Å². The minimum absolute atomic E-state index is 0.0169. The smallest absolute Gasteiger partial charge is 0.307 e. The third-order valence-corrected chi connectivity index (χ3v) is 6.49. The second-order valence-electron chi connectivity index (χ2n) is 8.85. The quantitative estimate of drug-likeness (QED) is 0.163. The zero-order chi connectivity index (χ0) is 27.2. The van der Waals surface area contributed by atoms with Crippen LogP contribution in [0.5, 0.6) is 11.5 Å². The van der Waals surface area contributed by atoms with Crippen LogP contribution in [0.25, 0.3) is 5.69 Å². The molecule has 0 bridgehead atoms. The minimum Gasteiger partial charge on any atom is -0.488 e. The highest BCUT2D eigenvalue weighted by molar-refractivity contribution is 6.37. The van der Waals surface area contributed by atoms with E-state index in [1.165, 1.54) is 17.6 Å². The van der Waals surface area contributed by atoms with Gasteiger partial charge in [0.15, 0.2) is 11.5 Å². The summed E-state index contributed by atoms with van der Waals surface area (Å²) < 4.78 is 19.4. The number of hydrazone groups is 1. The molecule has 1 N–H and O–H groups in total. The van der Waals surface area contributed by atoms with E-state index >= 15 is 0 Å². The summed E-state index contributed by atoms with van der Waals surface area (Å²) >= 11 is 12.6. The second-order valence-corrected chi connectivity index (χ2v) is 9.66. The molecule has 7 nitrogen and oxygen atoms in total. The van der Waals surface area contributed by atoms with E-state index in [1.54, 1.807) is 24.3 Å². The number of amides is 1. The number of nitrogens with one attached hydrogen (secondary N) is 1. The Morgan fingerprint density at radius 1 is 1.05 bits per heavy atom. The van der Waals surface area contributed by atoms with Crippen LogP contribution >= 0.6 is 23.2 Å². The van der Waals surface area contributed by atoms with Crippen LogP contribution in [0.3, 0.4) is 0 Å². The fourth-order valence-corrected chi connectivity index (χ4v) is 4.36. The lowest BCUT2D eigenvalue weighted by Crippen LogP contribution is -2.16. The molecule has 1 amide bonds. The number of hydrogen-bond donors (Lipinski definition) is 1. The van der Waals surface area contributed by atoms with Crippen LogP contribution in [-0.2, 0) is 6.61 Å². The Morgan fingerprint density at radius 3 is 2.34 bits per heavy atom. The fourth-order valence-electron chi connectivity index (χ4n) is 3.77. The van der Waals surface area contributed by atoms with E-state index in [0.29, 0.717) is 32.9 Å². The first kappa shape index (κ1) is 27.4. The van der Waals surface area contributed by atoms with Crippen molar-refractivity contribution in [3.8, 4) is 17.2 Å². The van der Waals surface area contributed by atoms with Gasteiger partial charge in [0.05, 0.1) is 22.4 Å². The molecule has 9 heteroatoms. The van der Waals surface area contributed by atoms with E-state index in [4.69, 9.17) is 37.1 Å². The van der Waals surface area contributed by atoms with Gasteiger partial charge in [-0.2, -0.15) is 5.10 Å². The zero-order valence-corrected chi connectivity index (χ0v) is 23.1. The van der Waals surface area contributed by atoms with Crippen molar-refractivity contribution in [2.75, 3.05) is 0 Å². The summed E-state index contributed by atoms with van der Waals surface area (Å²) in [7, 11) is 0. The molecule has 2 heterocycles. The highest BCUT2D eigenvalue weighted by atomic mass is 35.5. The summed E-state index contributed by atoms with van der Waals surface area (Å²) in [5.41, 5.74) is 6.44. The molecule has 0 unspecified atom stereocenters. The van der Waals surface area contributed by atoms with Crippen LogP contribution in [0, 0.1) is 13.8 Å². The van der Waals surface area contributed by atoms with Crippen LogP contribution in [0.1, 0.15) is 53.5 Å². The average molecular weight is 554 g/mol. The maximum atomic E-state index is 12.4. The normalized spacial score (nSPS) is 12.1. The summed E-state index contributed by atoms with van der Waals surface area (Å²) in [4.78, 5) is 12.4. The topological polar surface area (TPSA) is 78.0 Å². The maximum absolute atomic E-state index is 12.4. The third-order valence-electron chi connectivity index (χ3n) is 5.93. The van der Waals surface area contributed by atoms with Crippen LogP contribution in [0.15, 0.2) is 70.2 Å². The van der Waals surface area contributed by atoms with E-state index in [9.17, 15) is 4.79 Å². The lowest BCUT2D eigenvalue weighted by atomic mass is 10.2. The van der Waals surface area contributed by atoms with E-state index in [2.05, 4.69) is 41.1 Å². The molecule has 0 saturated heterocycles. The van der Waals surface area contributed by atoms with Crippen LogP contribution in [0.4, 0.5) is 0 Å². The van der Waals surface area contributed by atoms with Crippen molar-refractivity contribution in [3.63, 3.8) is 0 Å². The van der Waals surface area contributed by atoms with E-state index in [-0.39, 0.29) is 18.5 Å². The molecule has 0 radical (unpaired) electrons. The first-order valence-corrected chi connectivity index (χ1v) is 13.0. The average Bonchev–Trinajstić information content (AvgIpc) is 3.51. The van der Waals surface area contributed by atoms with Gasteiger partial charge in [-0.1, -0.05) is 30.1 Å². The molecule has 2 aromatic carbocycles. The van der Waals surface area contributed by atoms with Gasteiger partial charge in [-0.15, -0.1) is 0 Å². The molecular formula is C29H29Cl2N3O4. The molecule has 198 valence electrons. The Labute approximate surface area is 232 Å². The first-order chi connectivity index (χ1) is 18.2.